The Hall–Kier alpha value is -1.79. The molecule has 1 N–H and O–H groups in total. The van der Waals surface area contributed by atoms with Crippen LogP contribution in [0.3, 0.4) is 0 Å². The van der Waals surface area contributed by atoms with Crippen molar-refractivity contribution in [1.82, 2.24) is 4.90 Å². The molecule has 2 rings (SSSR count). The van der Waals surface area contributed by atoms with Crippen molar-refractivity contribution in [2.75, 3.05) is 40.5 Å². The predicted molar refractivity (Wildman–Crippen MR) is 72.3 cm³/mol. The Morgan fingerprint density at radius 1 is 1.25 bits per heavy atom. The van der Waals surface area contributed by atoms with Gasteiger partial charge in [-0.25, -0.2) is 0 Å². The topological polar surface area (TPSA) is 68.2 Å². The molecule has 20 heavy (non-hydrogen) atoms. The number of benzene rings is 1. The Morgan fingerprint density at radius 2 is 1.90 bits per heavy atom. The molecular formula is C14H19NO5. The lowest BCUT2D eigenvalue weighted by Crippen LogP contribution is -2.42. The molecule has 0 radical (unpaired) electrons. The molecule has 6 nitrogen and oxygen atoms in total. The SMILES string of the molecule is COc1ccc(C(C(=O)O)N2CCOCC2)cc1OC. The Kier molecular flexibility index (Phi) is 4.81. The summed E-state index contributed by atoms with van der Waals surface area (Å²) in [5, 5.41) is 9.51. The van der Waals surface area contributed by atoms with Crippen LogP contribution in [-0.4, -0.2) is 56.5 Å². The largest absolute Gasteiger partial charge is 0.493 e. The molecule has 1 aromatic carbocycles. The summed E-state index contributed by atoms with van der Waals surface area (Å²) in [7, 11) is 3.08. The van der Waals surface area contributed by atoms with Crippen LogP contribution in [0.15, 0.2) is 18.2 Å². The van der Waals surface area contributed by atoms with Gasteiger partial charge in [0, 0.05) is 13.1 Å². The summed E-state index contributed by atoms with van der Waals surface area (Å²) in [4.78, 5) is 13.5. The van der Waals surface area contributed by atoms with E-state index in [4.69, 9.17) is 14.2 Å². The number of nitrogens with zero attached hydrogens (tertiary/aromatic N) is 1. The third-order valence-corrected chi connectivity index (χ3v) is 3.37. The molecule has 0 aliphatic carbocycles. The quantitative estimate of drug-likeness (QED) is 0.873. The molecule has 0 amide bonds. The number of hydrogen-bond acceptors (Lipinski definition) is 5. The zero-order valence-electron chi connectivity index (χ0n) is 11.7. The summed E-state index contributed by atoms with van der Waals surface area (Å²) in [6.45, 7) is 2.31. The van der Waals surface area contributed by atoms with E-state index in [1.165, 1.54) is 7.11 Å². The van der Waals surface area contributed by atoms with E-state index in [2.05, 4.69) is 0 Å². The first-order chi connectivity index (χ1) is 9.67. The summed E-state index contributed by atoms with van der Waals surface area (Å²) >= 11 is 0. The summed E-state index contributed by atoms with van der Waals surface area (Å²) in [6, 6.07) is 4.51. The molecule has 110 valence electrons. The Labute approximate surface area is 117 Å². The maximum Gasteiger partial charge on any atom is 0.325 e. The first kappa shape index (κ1) is 14.6. The van der Waals surface area contributed by atoms with Crippen LogP contribution in [0.2, 0.25) is 0 Å². The van der Waals surface area contributed by atoms with Crippen LogP contribution >= 0.6 is 0 Å². The fourth-order valence-corrected chi connectivity index (χ4v) is 2.37. The van der Waals surface area contributed by atoms with Crippen molar-refractivity contribution in [3.8, 4) is 11.5 Å². The molecule has 0 aromatic heterocycles. The normalized spacial score (nSPS) is 17.5. The monoisotopic (exact) mass is 281 g/mol. The highest BCUT2D eigenvalue weighted by atomic mass is 16.5. The van der Waals surface area contributed by atoms with Crippen molar-refractivity contribution in [3.05, 3.63) is 23.8 Å². The molecule has 6 heteroatoms. The first-order valence-corrected chi connectivity index (χ1v) is 6.44. The molecule has 0 bridgehead atoms. The fourth-order valence-electron chi connectivity index (χ4n) is 2.37. The Balaban J connectivity index is 2.31. The highest BCUT2D eigenvalue weighted by molar-refractivity contribution is 5.76. The second-order valence-corrected chi connectivity index (χ2v) is 4.50. The number of aliphatic carboxylic acids is 1. The summed E-state index contributed by atoms with van der Waals surface area (Å²) < 4.78 is 15.7. The average molecular weight is 281 g/mol. The van der Waals surface area contributed by atoms with E-state index < -0.39 is 12.0 Å². The molecule has 0 saturated carbocycles. The molecule has 1 aliphatic rings. The number of carboxylic acid groups (broad SMARTS) is 1. The van der Waals surface area contributed by atoms with Crippen LogP contribution in [0.25, 0.3) is 0 Å². The molecule has 1 fully saturated rings. The van der Waals surface area contributed by atoms with E-state index in [1.54, 1.807) is 25.3 Å². The van der Waals surface area contributed by atoms with Gasteiger partial charge in [-0.15, -0.1) is 0 Å². The lowest BCUT2D eigenvalue weighted by Gasteiger charge is -2.32. The number of carboxylic acids is 1. The molecule has 1 heterocycles. The van der Waals surface area contributed by atoms with Gasteiger partial charge in [0.15, 0.2) is 11.5 Å². The van der Waals surface area contributed by atoms with Crippen LogP contribution in [0, 0.1) is 0 Å². The van der Waals surface area contributed by atoms with Crippen molar-refractivity contribution >= 4 is 5.97 Å². The number of hydrogen-bond donors (Lipinski definition) is 1. The second kappa shape index (κ2) is 6.58. The lowest BCUT2D eigenvalue weighted by atomic mass is 10.0. The maximum absolute atomic E-state index is 11.6. The highest BCUT2D eigenvalue weighted by Gasteiger charge is 2.29. The molecule has 1 saturated heterocycles. The van der Waals surface area contributed by atoms with E-state index in [0.29, 0.717) is 43.4 Å². The number of methoxy groups -OCH3 is 2. The molecular weight excluding hydrogens is 262 g/mol. The van der Waals surface area contributed by atoms with Crippen molar-refractivity contribution in [1.29, 1.82) is 0 Å². The predicted octanol–water partition coefficient (Wildman–Crippen LogP) is 1.16. The van der Waals surface area contributed by atoms with Crippen LogP contribution in [-0.2, 0) is 9.53 Å². The summed E-state index contributed by atoms with van der Waals surface area (Å²) in [5.74, 6) is 0.242. The van der Waals surface area contributed by atoms with Gasteiger partial charge in [0.05, 0.1) is 27.4 Å². The molecule has 0 spiro atoms. The van der Waals surface area contributed by atoms with Gasteiger partial charge in [-0.1, -0.05) is 6.07 Å². The minimum Gasteiger partial charge on any atom is -0.493 e. The van der Waals surface area contributed by atoms with Crippen molar-refractivity contribution in [2.24, 2.45) is 0 Å². The lowest BCUT2D eigenvalue weighted by molar-refractivity contribution is -0.145. The van der Waals surface area contributed by atoms with Crippen LogP contribution in [0.4, 0.5) is 0 Å². The van der Waals surface area contributed by atoms with Gasteiger partial charge in [-0.2, -0.15) is 0 Å². The molecule has 1 aliphatic heterocycles. The molecule has 1 aromatic rings. The van der Waals surface area contributed by atoms with Crippen LogP contribution in [0.1, 0.15) is 11.6 Å². The minimum absolute atomic E-state index is 0.532. The van der Waals surface area contributed by atoms with Gasteiger partial charge in [0.2, 0.25) is 0 Å². The van der Waals surface area contributed by atoms with E-state index in [9.17, 15) is 9.90 Å². The van der Waals surface area contributed by atoms with Crippen LogP contribution in [0.5, 0.6) is 11.5 Å². The Bertz CT molecular complexity index is 471. The van der Waals surface area contributed by atoms with Gasteiger partial charge >= 0.3 is 5.97 Å². The molecule has 1 unspecified atom stereocenters. The first-order valence-electron chi connectivity index (χ1n) is 6.44. The highest BCUT2D eigenvalue weighted by Crippen LogP contribution is 2.32. The van der Waals surface area contributed by atoms with Gasteiger partial charge in [-0.05, 0) is 17.7 Å². The number of rotatable bonds is 5. The van der Waals surface area contributed by atoms with Crippen molar-refractivity contribution < 1.29 is 24.1 Å². The standard InChI is InChI=1S/C14H19NO5/c1-18-11-4-3-10(9-12(11)19-2)13(14(16)17)15-5-7-20-8-6-15/h3-4,9,13H,5-8H2,1-2H3,(H,16,17). The number of carbonyl (C=O) groups is 1. The van der Waals surface area contributed by atoms with E-state index in [0.717, 1.165) is 0 Å². The molecule has 1 atom stereocenters. The summed E-state index contributed by atoms with van der Waals surface area (Å²) in [5.41, 5.74) is 0.678. The zero-order valence-corrected chi connectivity index (χ0v) is 11.7. The smallest absolute Gasteiger partial charge is 0.325 e. The third kappa shape index (κ3) is 3.02. The summed E-state index contributed by atoms with van der Waals surface area (Å²) in [6.07, 6.45) is 0. The average Bonchev–Trinajstić information content (AvgIpc) is 2.48. The zero-order chi connectivity index (χ0) is 14.5. The van der Waals surface area contributed by atoms with E-state index >= 15 is 0 Å². The second-order valence-electron chi connectivity index (χ2n) is 4.50. The van der Waals surface area contributed by atoms with Gasteiger partial charge in [0.25, 0.3) is 0 Å². The van der Waals surface area contributed by atoms with E-state index in [-0.39, 0.29) is 0 Å². The van der Waals surface area contributed by atoms with Gasteiger partial charge in [-0.3, -0.25) is 9.69 Å². The fraction of sp³-hybridized carbons (Fsp3) is 0.500. The van der Waals surface area contributed by atoms with Crippen molar-refractivity contribution in [2.45, 2.75) is 6.04 Å². The minimum atomic E-state index is -0.876. The number of morpholine rings is 1. The van der Waals surface area contributed by atoms with Gasteiger partial charge < -0.3 is 19.3 Å². The van der Waals surface area contributed by atoms with Crippen LogP contribution < -0.4 is 9.47 Å². The third-order valence-electron chi connectivity index (χ3n) is 3.37. The van der Waals surface area contributed by atoms with Gasteiger partial charge in [0.1, 0.15) is 6.04 Å². The Morgan fingerprint density at radius 3 is 2.45 bits per heavy atom. The van der Waals surface area contributed by atoms with E-state index in [1.807, 2.05) is 4.90 Å². The maximum atomic E-state index is 11.6. The number of ether oxygens (including phenoxy) is 3. The van der Waals surface area contributed by atoms with Crippen molar-refractivity contribution in [3.63, 3.8) is 0 Å².